The highest BCUT2D eigenvalue weighted by Gasteiger charge is 2.21. The molecule has 9 heteroatoms. The van der Waals surface area contributed by atoms with E-state index in [1.54, 1.807) is 0 Å². The zero-order valence-electron chi connectivity index (χ0n) is 11.6. The summed E-state index contributed by atoms with van der Waals surface area (Å²) in [5, 5.41) is 0.0163. The van der Waals surface area contributed by atoms with E-state index in [1.165, 1.54) is 26.2 Å². The van der Waals surface area contributed by atoms with Crippen molar-refractivity contribution in [1.29, 1.82) is 0 Å². The molecule has 0 aromatic heterocycles. The Kier molecular flexibility index (Phi) is 5.70. The fourth-order valence-corrected chi connectivity index (χ4v) is 2.42. The minimum absolute atomic E-state index is 0.0163. The Morgan fingerprint density at radius 3 is 2.43 bits per heavy atom. The lowest BCUT2D eigenvalue weighted by molar-refractivity contribution is -0.144. The summed E-state index contributed by atoms with van der Waals surface area (Å²) in [5.74, 6) is -1.65. The average molecular weight is 336 g/mol. The molecule has 116 valence electrons. The number of carbonyl (C=O) groups is 2. The Morgan fingerprint density at radius 2 is 1.90 bits per heavy atom. The van der Waals surface area contributed by atoms with E-state index in [9.17, 15) is 18.0 Å². The lowest BCUT2D eigenvalue weighted by Gasteiger charge is -2.12. The Morgan fingerprint density at radius 1 is 1.29 bits per heavy atom. The van der Waals surface area contributed by atoms with Gasteiger partial charge in [-0.05, 0) is 18.2 Å². The summed E-state index contributed by atoms with van der Waals surface area (Å²) < 4.78 is 34.0. The normalized spacial score (nSPS) is 11.3. The molecule has 0 aliphatic rings. The van der Waals surface area contributed by atoms with Crippen molar-refractivity contribution in [2.45, 2.75) is 4.90 Å². The van der Waals surface area contributed by atoms with Gasteiger partial charge >= 0.3 is 11.9 Å². The fourth-order valence-electron chi connectivity index (χ4n) is 1.29. The number of benzene rings is 1. The van der Waals surface area contributed by atoms with E-state index in [4.69, 9.17) is 11.6 Å². The van der Waals surface area contributed by atoms with Crippen LogP contribution in [0.4, 0.5) is 0 Å². The second kappa shape index (κ2) is 6.88. The van der Waals surface area contributed by atoms with Crippen LogP contribution in [0.5, 0.6) is 0 Å². The summed E-state index contributed by atoms with van der Waals surface area (Å²) in [6.07, 6.45) is 0. The molecular formula is C12H14ClNO6S. The number of halogens is 1. The zero-order valence-corrected chi connectivity index (χ0v) is 13.2. The van der Waals surface area contributed by atoms with Crippen molar-refractivity contribution in [1.82, 2.24) is 4.31 Å². The van der Waals surface area contributed by atoms with Crippen molar-refractivity contribution in [3.63, 3.8) is 0 Å². The summed E-state index contributed by atoms with van der Waals surface area (Å²) in [7, 11) is 0.157. The zero-order chi connectivity index (χ0) is 16.2. The molecule has 0 atom stereocenters. The molecule has 21 heavy (non-hydrogen) atoms. The highest BCUT2D eigenvalue weighted by Crippen LogP contribution is 2.22. The van der Waals surface area contributed by atoms with E-state index >= 15 is 0 Å². The fraction of sp³-hybridized carbons (Fsp3) is 0.333. The highest BCUT2D eigenvalue weighted by molar-refractivity contribution is 7.89. The summed E-state index contributed by atoms with van der Waals surface area (Å²) in [6.45, 7) is -0.587. The molecule has 0 saturated carbocycles. The number of methoxy groups -OCH3 is 1. The van der Waals surface area contributed by atoms with E-state index < -0.39 is 28.6 Å². The van der Waals surface area contributed by atoms with Crippen LogP contribution in [0.25, 0.3) is 0 Å². The molecule has 0 radical (unpaired) electrons. The van der Waals surface area contributed by atoms with E-state index in [-0.39, 0.29) is 15.5 Å². The third-order valence-corrected chi connectivity index (χ3v) is 4.63. The number of nitrogens with zero attached hydrogens (tertiary/aromatic N) is 1. The van der Waals surface area contributed by atoms with Crippen molar-refractivity contribution < 1.29 is 27.5 Å². The molecule has 0 unspecified atom stereocenters. The van der Waals surface area contributed by atoms with E-state index in [0.29, 0.717) is 0 Å². The molecule has 1 aromatic carbocycles. The third-order valence-electron chi connectivity index (χ3n) is 2.49. The second-order valence-corrected chi connectivity index (χ2v) is 6.64. The molecule has 1 aromatic rings. The van der Waals surface area contributed by atoms with Crippen LogP contribution in [0, 0.1) is 0 Å². The number of carbonyl (C=O) groups excluding carboxylic acids is 2. The van der Waals surface area contributed by atoms with Gasteiger partial charge in [0, 0.05) is 14.1 Å². The van der Waals surface area contributed by atoms with Crippen LogP contribution in [0.1, 0.15) is 10.4 Å². The minimum atomic E-state index is -3.71. The largest absolute Gasteiger partial charge is 0.466 e. The van der Waals surface area contributed by atoms with Crippen LogP contribution in [0.15, 0.2) is 23.1 Å². The first-order chi connectivity index (χ1) is 9.70. The van der Waals surface area contributed by atoms with Gasteiger partial charge in [-0.2, -0.15) is 0 Å². The van der Waals surface area contributed by atoms with Gasteiger partial charge in [0.2, 0.25) is 10.0 Å². The van der Waals surface area contributed by atoms with E-state index in [1.807, 2.05) is 0 Å². The first-order valence-electron chi connectivity index (χ1n) is 5.66. The van der Waals surface area contributed by atoms with Gasteiger partial charge in [-0.15, -0.1) is 0 Å². The molecule has 0 aliphatic carbocycles. The Balaban J connectivity index is 3.09. The molecular weight excluding hydrogens is 322 g/mol. The van der Waals surface area contributed by atoms with Crippen molar-refractivity contribution in [2.75, 3.05) is 27.8 Å². The smallest absolute Gasteiger partial charge is 0.344 e. The number of sulfonamides is 1. The molecule has 0 fully saturated rings. The molecule has 0 saturated heterocycles. The quantitative estimate of drug-likeness (QED) is 0.743. The lowest BCUT2D eigenvalue weighted by Crippen LogP contribution is -2.22. The van der Waals surface area contributed by atoms with Crippen molar-refractivity contribution >= 4 is 33.6 Å². The molecule has 0 amide bonds. The average Bonchev–Trinajstić information content (AvgIpc) is 2.44. The van der Waals surface area contributed by atoms with Gasteiger partial charge in [0.25, 0.3) is 0 Å². The number of ether oxygens (including phenoxy) is 2. The maximum absolute atomic E-state index is 12.0. The molecule has 7 nitrogen and oxygen atoms in total. The number of rotatable bonds is 5. The van der Waals surface area contributed by atoms with Crippen LogP contribution < -0.4 is 0 Å². The van der Waals surface area contributed by atoms with Crippen LogP contribution in [0.3, 0.4) is 0 Å². The molecule has 0 spiro atoms. The summed E-state index contributed by atoms with van der Waals surface area (Å²) in [4.78, 5) is 22.6. The Hall–Kier alpha value is -1.64. The number of esters is 2. The molecule has 0 N–H and O–H groups in total. The summed E-state index contributed by atoms with van der Waals surface area (Å²) in [5.41, 5.74) is -0.150. The van der Waals surface area contributed by atoms with Crippen LogP contribution in [0.2, 0.25) is 5.02 Å². The van der Waals surface area contributed by atoms with Gasteiger partial charge < -0.3 is 9.47 Å². The SMILES string of the molecule is COC(=O)COC(=O)c1cc(S(=O)(=O)N(C)C)ccc1Cl. The highest BCUT2D eigenvalue weighted by atomic mass is 35.5. The minimum Gasteiger partial charge on any atom is -0.466 e. The Bertz CT molecular complexity index is 656. The summed E-state index contributed by atoms with van der Waals surface area (Å²) in [6, 6.07) is 3.64. The third kappa shape index (κ3) is 4.16. The predicted octanol–water partition coefficient (Wildman–Crippen LogP) is 0.920. The van der Waals surface area contributed by atoms with Gasteiger partial charge in [0.05, 0.1) is 22.6 Å². The van der Waals surface area contributed by atoms with Crippen molar-refractivity contribution in [3.8, 4) is 0 Å². The molecule has 0 bridgehead atoms. The van der Waals surface area contributed by atoms with Crippen LogP contribution in [-0.2, 0) is 24.3 Å². The number of hydrogen-bond acceptors (Lipinski definition) is 6. The maximum atomic E-state index is 12.0. The van der Waals surface area contributed by atoms with Gasteiger partial charge in [0.15, 0.2) is 6.61 Å². The van der Waals surface area contributed by atoms with E-state index in [0.717, 1.165) is 17.5 Å². The summed E-state index contributed by atoms with van der Waals surface area (Å²) >= 11 is 5.84. The monoisotopic (exact) mass is 335 g/mol. The van der Waals surface area contributed by atoms with E-state index in [2.05, 4.69) is 9.47 Å². The van der Waals surface area contributed by atoms with Gasteiger partial charge in [-0.25, -0.2) is 22.3 Å². The van der Waals surface area contributed by atoms with Crippen LogP contribution in [-0.4, -0.2) is 52.5 Å². The van der Waals surface area contributed by atoms with Crippen molar-refractivity contribution in [2.24, 2.45) is 0 Å². The molecule has 0 heterocycles. The number of hydrogen-bond donors (Lipinski definition) is 0. The van der Waals surface area contributed by atoms with Crippen molar-refractivity contribution in [3.05, 3.63) is 28.8 Å². The molecule has 0 aliphatic heterocycles. The van der Waals surface area contributed by atoms with Crippen LogP contribution >= 0.6 is 11.6 Å². The first-order valence-corrected chi connectivity index (χ1v) is 7.48. The standard InChI is InChI=1S/C12H14ClNO6S/c1-14(2)21(17,18)8-4-5-10(13)9(6-8)12(16)20-7-11(15)19-3/h4-6H,7H2,1-3H3. The lowest BCUT2D eigenvalue weighted by atomic mass is 10.2. The second-order valence-electron chi connectivity index (χ2n) is 4.08. The topological polar surface area (TPSA) is 90.0 Å². The predicted molar refractivity (Wildman–Crippen MR) is 74.6 cm³/mol. The first kappa shape index (κ1) is 17.4. The Labute approximate surface area is 127 Å². The van der Waals surface area contributed by atoms with Gasteiger partial charge in [0.1, 0.15) is 0 Å². The van der Waals surface area contributed by atoms with Gasteiger partial charge in [-0.3, -0.25) is 0 Å². The molecule has 1 rings (SSSR count). The maximum Gasteiger partial charge on any atom is 0.344 e. The van der Waals surface area contributed by atoms with Gasteiger partial charge in [-0.1, -0.05) is 11.6 Å².